The van der Waals surface area contributed by atoms with Crippen LogP contribution >= 0.6 is 46.4 Å². The number of carbonyl (C=O) groups is 2. The highest BCUT2D eigenvalue weighted by atomic mass is 35.5. The van der Waals surface area contributed by atoms with E-state index in [0.717, 1.165) is 9.87 Å². The number of rotatable bonds is 13. The van der Waals surface area contributed by atoms with Crippen molar-refractivity contribution in [1.82, 2.24) is 10.2 Å². The van der Waals surface area contributed by atoms with Crippen molar-refractivity contribution < 1.29 is 18.0 Å². The molecule has 0 aliphatic rings. The van der Waals surface area contributed by atoms with Gasteiger partial charge < -0.3 is 10.2 Å². The number of hydrogen-bond donors (Lipinski definition) is 1. The molecule has 4 rings (SSSR count). The third-order valence-corrected chi connectivity index (χ3v) is 10.1. The number of halogens is 4. The minimum atomic E-state index is -4.28. The molecule has 0 bridgehead atoms. The summed E-state index contributed by atoms with van der Waals surface area (Å²) in [6.45, 7) is 1.58. The van der Waals surface area contributed by atoms with Gasteiger partial charge in [-0.05, 0) is 60.0 Å². The molecule has 1 N–H and O–H groups in total. The first-order valence-corrected chi connectivity index (χ1v) is 17.0. The van der Waals surface area contributed by atoms with E-state index in [9.17, 15) is 18.0 Å². The Morgan fingerprint density at radius 2 is 1.47 bits per heavy atom. The van der Waals surface area contributed by atoms with Crippen molar-refractivity contribution in [2.45, 2.75) is 37.2 Å². The lowest BCUT2D eigenvalue weighted by atomic mass is 10.0. The Morgan fingerprint density at radius 1 is 0.800 bits per heavy atom. The normalized spacial score (nSPS) is 11.9. The maximum atomic E-state index is 14.5. The standard InChI is InChI=1S/C33H31Cl4N3O4S/c1-2-17-38-33(42)31(18-23-9-5-3-6-10-23)39(21-24-13-14-25(34)19-29(24)36)32(41)22-40(26-15-16-28(35)30(37)20-26)45(43,44)27-11-7-4-8-12-27/h3-16,19-20,31H,2,17-18,21-22H2,1H3,(H,38,42). The minimum Gasteiger partial charge on any atom is -0.354 e. The van der Waals surface area contributed by atoms with Gasteiger partial charge in [0.15, 0.2) is 0 Å². The topological polar surface area (TPSA) is 86.8 Å². The first-order chi connectivity index (χ1) is 21.5. The van der Waals surface area contributed by atoms with Crippen molar-refractivity contribution in [2.75, 3.05) is 17.4 Å². The van der Waals surface area contributed by atoms with Gasteiger partial charge in [-0.2, -0.15) is 0 Å². The van der Waals surface area contributed by atoms with E-state index in [1.165, 1.54) is 35.2 Å². The van der Waals surface area contributed by atoms with E-state index in [1.54, 1.807) is 36.4 Å². The Hall–Kier alpha value is -3.27. The lowest BCUT2D eigenvalue weighted by Crippen LogP contribution is -2.53. The number of nitrogens with one attached hydrogen (secondary N) is 1. The maximum absolute atomic E-state index is 14.5. The monoisotopic (exact) mass is 705 g/mol. The number of carbonyl (C=O) groups excluding carboxylic acids is 2. The van der Waals surface area contributed by atoms with Crippen molar-refractivity contribution in [3.05, 3.63) is 128 Å². The summed E-state index contributed by atoms with van der Waals surface area (Å²) in [7, 11) is -4.28. The zero-order chi connectivity index (χ0) is 32.6. The van der Waals surface area contributed by atoms with Crippen molar-refractivity contribution in [1.29, 1.82) is 0 Å². The van der Waals surface area contributed by atoms with Crippen LogP contribution in [0.1, 0.15) is 24.5 Å². The van der Waals surface area contributed by atoms with Crippen LogP contribution in [0.3, 0.4) is 0 Å². The molecule has 0 saturated heterocycles. The molecule has 4 aromatic rings. The highest BCUT2D eigenvalue weighted by Gasteiger charge is 2.35. The summed E-state index contributed by atoms with van der Waals surface area (Å²) in [4.78, 5) is 29.5. The molecule has 45 heavy (non-hydrogen) atoms. The van der Waals surface area contributed by atoms with Gasteiger partial charge in [0.1, 0.15) is 12.6 Å². The van der Waals surface area contributed by atoms with E-state index in [2.05, 4.69) is 5.32 Å². The SMILES string of the molecule is CCCNC(=O)C(Cc1ccccc1)N(Cc1ccc(Cl)cc1Cl)C(=O)CN(c1ccc(Cl)c(Cl)c1)S(=O)(=O)c1ccccc1. The van der Waals surface area contributed by atoms with Crippen LogP contribution in [0, 0.1) is 0 Å². The summed E-state index contributed by atoms with van der Waals surface area (Å²) < 4.78 is 29.0. The average Bonchev–Trinajstić information content (AvgIpc) is 3.03. The van der Waals surface area contributed by atoms with E-state index in [1.807, 2.05) is 37.3 Å². The van der Waals surface area contributed by atoms with Crippen LogP contribution in [0.5, 0.6) is 0 Å². The largest absolute Gasteiger partial charge is 0.354 e. The van der Waals surface area contributed by atoms with Gasteiger partial charge in [0.05, 0.1) is 20.6 Å². The molecule has 0 aliphatic carbocycles. The molecule has 0 heterocycles. The summed E-state index contributed by atoms with van der Waals surface area (Å²) in [6, 6.07) is 25.2. The second kappa shape index (κ2) is 15.8. The minimum absolute atomic E-state index is 0.0299. The molecule has 12 heteroatoms. The van der Waals surface area contributed by atoms with Crippen LogP contribution in [0.2, 0.25) is 20.1 Å². The van der Waals surface area contributed by atoms with Crippen molar-refractivity contribution in [3.8, 4) is 0 Å². The first kappa shape index (κ1) is 34.6. The number of nitrogens with zero attached hydrogens (tertiary/aromatic N) is 2. The summed E-state index contributed by atoms with van der Waals surface area (Å²) in [6.07, 6.45) is 0.854. The fourth-order valence-corrected chi connectivity index (χ4v) is 6.83. The van der Waals surface area contributed by atoms with Crippen LogP contribution in [0.25, 0.3) is 0 Å². The maximum Gasteiger partial charge on any atom is 0.264 e. The van der Waals surface area contributed by atoms with E-state index < -0.39 is 28.5 Å². The van der Waals surface area contributed by atoms with Gasteiger partial charge in [-0.15, -0.1) is 0 Å². The molecule has 0 radical (unpaired) electrons. The molecule has 2 amide bonds. The van der Waals surface area contributed by atoms with Gasteiger partial charge in [0.25, 0.3) is 10.0 Å². The second-order valence-electron chi connectivity index (χ2n) is 10.2. The number of benzene rings is 4. The summed E-state index contributed by atoms with van der Waals surface area (Å²) >= 11 is 25.1. The molecule has 7 nitrogen and oxygen atoms in total. The summed E-state index contributed by atoms with van der Waals surface area (Å²) in [5.74, 6) is -1.02. The molecule has 1 atom stereocenters. The highest BCUT2D eigenvalue weighted by molar-refractivity contribution is 7.92. The van der Waals surface area contributed by atoms with Crippen LogP contribution in [0.15, 0.2) is 102 Å². The molecule has 0 saturated carbocycles. The zero-order valence-corrected chi connectivity index (χ0v) is 28.1. The molecule has 0 aliphatic heterocycles. The van der Waals surface area contributed by atoms with Gasteiger partial charge in [0, 0.05) is 29.6 Å². The predicted molar refractivity (Wildman–Crippen MR) is 182 cm³/mol. The Morgan fingerprint density at radius 3 is 2.09 bits per heavy atom. The average molecular weight is 708 g/mol. The summed E-state index contributed by atoms with van der Waals surface area (Å²) in [5, 5.41) is 3.94. The zero-order valence-electron chi connectivity index (χ0n) is 24.3. The Labute approximate surface area is 283 Å². The fraction of sp³-hybridized carbons (Fsp3) is 0.212. The molecule has 1 unspecified atom stereocenters. The van der Waals surface area contributed by atoms with E-state index in [0.29, 0.717) is 28.6 Å². The second-order valence-corrected chi connectivity index (χ2v) is 13.7. The molecule has 4 aromatic carbocycles. The van der Waals surface area contributed by atoms with Gasteiger partial charge in [-0.3, -0.25) is 13.9 Å². The molecule has 0 fully saturated rings. The van der Waals surface area contributed by atoms with E-state index in [4.69, 9.17) is 46.4 Å². The third kappa shape index (κ3) is 8.93. The number of anilines is 1. The smallest absolute Gasteiger partial charge is 0.264 e. The Balaban J connectivity index is 1.82. The highest BCUT2D eigenvalue weighted by Crippen LogP contribution is 2.31. The fourth-order valence-electron chi connectivity index (χ4n) is 4.64. The molecule has 236 valence electrons. The quantitative estimate of drug-likeness (QED) is 0.155. The molecule has 0 spiro atoms. The van der Waals surface area contributed by atoms with Gasteiger partial charge >= 0.3 is 0 Å². The number of amides is 2. The molecular weight excluding hydrogens is 676 g/mol. The van der Waals surface area contributed by atoms with Crippen molar-refractivity contribution in [3.63, 3.8) is 0 Å². The third-order valence-electron chi connectivity index (χ3n) is 6.98. The van der Waals surface area contributed by atoms with Gasteiger partial charge in [0.2, 0.25) is 11.8 Å². The van der Waals surface area contributed by atoms with Crippen LogP contribution in [-0.2, 0) is 32.6 Å². The molecular formula is C33H31Cl4N3O4S. The van der Waals surface area contributed by atoms with E-state index >= 15 is 0 Å². The van der Waals surface area contributed by atoms with Gasteiger partial charge in [-0.1, -0.05) is 108 Å². The van der Waals surface area contributed by atoms with E-state index in [-0.39, 0.29) is 39.5 Å². The van der Waals surface area contributed by atoms with Crippen LogP contribution in [-0.4, -0.2) is 44.3 Å². The van der Waals surface area contributed by atoms with Crippen LogP contribution < -0.4 is 9.62 Å². The molecule has 0 aromatic heterocycles. The summed E-state index contributed by atoms with van der Waals surface area (Å²) in [5.41, 5.74) is 1.47. The lowest BCUT2D eigenvalue weighted by molar-refractivity contribution is -0.140. The van der Waals surface area contributed by atoms with Crippen molar-refractivity contribution in [2.24, 2.45) is 0 Å². The van der Waals surface area contributed by atoms with Crippen LogP contribution in [0.4, 0.5) is 5.69 Å². The lowest BCUT2D eigenvalue weighted by Gasteiger charge is -2.34. The number of sulfonamides is 1. The predicted octanol–water partition coefficient (Wildman–Crippen LogP) is 7.66. The first-order valence-electron chi connectivity index (χ1n) is 14.1. The Kier molecular flexibility index (Phi) is 12.2. The Bertz CT molecular complexity index is 1740. The van der Waals surface area contributed by atoms with Crippen molar-refractivity contribution >= 4 is 73.9 Å². The van der Waals surface area contributed by atoms with Gasteiger partial charge in [-0.25, -0.2) is 8.42 Å². The number of hydrogen-bond acceptors (Lipinski definition) is 4.